The molecule has 0 aliphatic rings. The third-order valence-electron chi connectivity index (χ3n) is 2.67. The van der Waals surface area contributed by atoms with Gasteiger partial charge in [-0.25, -0.2) is 4.79 Å². The van der Waals surface area contributed by atoms with Crippen molar-refractivity contribution in [1.29, 1.82) is 0 Å². The van der Waals surface area contributed by atoms with Gasteiger partial charge in [-0.3, -0.25) is 0 Å². The summed E-state index contributed by atoms with van der Waals surface area (Å²) in [6.07, 6.45) is 1.18. The van der Waals surface area contributed by atoms with Crippen LogP contribution >= 0.6 is 15.9 Å². The van der Waals surface area contributed by atoms with Gasteiger partial charge in [0.2, 0.25) is 0 Å². The minimum Gasteiger partial charge on any atom is -0.478 e. The summed E-state index contributed by atoms with van der Waals surface area (Å²) in [5.41, 5.74) is 8.59. The van der Waals surface area contributed by atoms with Crippen molar-refractivity contribution in [2.75, 3.05) is 5.73 Å². The van der Waals surface area contributed by atoms with E-state index in [2.05, 4.69) is 15.9 Å². The second kappa shape index (κ2) is 5.71. The van der Waals surface area contributed by atoms with Gasteiger partial charge in [0.15, 0.2) is 0 Å². The summed E-state index contributed by atoms with van der Waals surface area (Å²) in [5, 5.41) is 9.03. The molecule has 0 saturated carbocycles. The first-order chi connectivity index (χ1) is 9.08. The highest BCUT2D eigenvalue weighted by Crippen LogP contribution is 2.28. The number of para-hydroxylation sites is 1. The Balaban J connectivity index is 2.58. The van der Waals surface area contributed by atoms with Gasteiger partial charge >= 0.3 is 5.97 Å². The third kappa shape index (κ3) is 3.23. The van der Waals surface area contributed by atoms with Crippen molar-refractivity contribution in [2.45, 2.75) is 0 Å². The monoisotopic (exact) mass is 317 g/mol. The number of halogens is 1. The Hall–Kier alpha value is -2.07. The fraction of sp³-hybridized carbons (Fsp3) is 0. The van der Waals surface area contributed by atoms with E-state index in [1.807, 2.05) is 42.5 Å². The van der Waals surface area contributed by atoms with E-state index in [9.17, 15) is 4.79 Å². The highest BCUT2D eigenvalue weighted by atomic mass is 79.9. The maximum Gasteiger partial charge on any atom is 0.328 e. The summed E-state index contributed by atoms with van der Waals surface area (Å²) < 4.78 is 0.937. The number of anilines is 1. The Bertz CT molecular complexity index is 633. The van der Waals surface area contributed by atoms with Crippen LogP contribution < -0.4 is 5.73 Å². The van der Waals surface area contributed by atoms with Crippen LogP contribution in [0.15, 0.2) is 59.1 Å². The van der Waals surface area contributed by atoms with E-state index in [4.69, 9.17) is 10.8 Å². The van der Waals surface area contributed by atoms with Crippen LogP contribution in [0.1, 0.15) is 11.1 Å². The van der Waals surface area contributed by atoms with Gasteiger partial charge in [-0.05, 0) is 29.3 Å². The Morgan fingerprint density at radius 3 is 2.32 bits per heavy atom. The molecule has 0 aromatic heterocycles. The fourth-order valence-corrected chi connectivity index (χ4v) is 2.08. The highest BCUT2D eigenvalue weighted by molar-refractivity contribution is 9.10. The maximum absolute atomic E-state index is 11.0. The maximum atomic E-state index is 11.0. The van der Waals surface area contributed by atoms with Gasteiger partial charge in [0, 0.05) is 21.8 Å². The minimum atomic E-state index is -0.999. The Kier molecular flexibility index (Phi) is 4.02. The predicted octanol–water partition coefficient (Wildman–Crippen LogP) is 3.55. The number of rotatable bonds is 3. The van der Waals surface area contributed by atoms with Crippen LogP contribution in [-0.2, 0) is 4.79 Å². The number of carbonyl (C=O) groups is 1. The first-order valence-electron chi connectivity index (χ1n) is 5.63. The SMILES string of the molecule is Nc1ccccc1C(=CC(=O)O)c1ccc(Br)cc1. The van der Waals surface area contributed by atoms with E-state index in [1.165, 1.54) is 6.08 Å². The van der Waals surface area contributed by atoms with Crippen molar-refractivity contribution in [1.82, 2.24) is 0 Å². The lowest BCUT2D eigenvalue weighted by atomic mass is 9.96. The van der Waals surface area contributed by atoms with E-state index < -0.39 is 5.97 Å². The quantitative estimate of drug-likeness (QED) is 0.672. The lowest BCUT2D eigenvalue weighted by Crippen LogP contribution is -1.98. The van der Waals surface area contributed by atoms with Crippen molar-refractivity contribution in [3.63, 3.8) is 0 Å². The van der Waals surface area contributed by atoms with E-state index in [0.29, 0.717) is 16.8 Å². The number of aliphatic carboxylic acids is 1. The zero-order valence-corrected chi connectivity index (χ0v) is 11.6. The second-order valence-electron chi connectivity index (χ2n) is 3.99. The molecule has 96 valence electrons. The number of nitrogens with two attached hydrogens (primary N) is 1. The van der Waals surface area contributed by atoms with Gasteiger partial charge in [0.05, 0.1) is 0 Å². The van der Waals surface area contributed by atoms with Crippen molar-refractivity contribution >= 4 is 33.2 Å². The van der Waals surface area contributed by atoms with Crippen molar-refractivity contribution in [3.05, 3.63) is 70.2 Å². The van der Waals surface area contributed by atoms with Gasteiger partial charge < -0.3 is 10.8 Å². The van der Waals surface area contributed by atoms with E-state index in [-0.39, 0.29) is 0 Å². The Labute approximate surface area is 119 Å². The first kappa shape index (κ1) is 13.4. The van der Waals surface area contributed by atoms with Crippen LogP contribution in [0, 0.1) is 0 Å². The molecule has 0 saturated heterocycles. The molecular weight excluding hydrogens is 306 g/mol. The molecule has 2 aromatic carbocycles. The lowest BCUT2D eigenvalue weighted by molar-refractivity contribution is -0.131. The summed E-state index contributed by atoms with van der Waals surface area (Å²) in [5.74, 6) is -0.999. The number of benzene rings is 2. The predicted molar refractivity (Wildman–Crippen MR) is 79.7 cm³/mol. The molecule has 0 fully saturated rings. The van der Waals surface area contributed by atoms with Crippen LogP contribution in [0.3, 0.4) is 0 Å². The number of hydrogen-bond donors (Lipinski definition) is 2. The van der Waals surface area contributed by atoms with Crippen LogP contribution in [0.25, 0.3) is 5.57 Å². The average Bonchev–Trinajstić information content (AvgIpc) is 2.38. The molecule has 0 aliphatic heterocycles. The molecule has 0 unspecified atom stereocenters. The van der Waals surface area contributed by atoms with Gasteiger partial charge in [-0.1, -0.05) is 46.3 Å². The molecule has 19 heavy (non-hydrogen) atoms. The Morgan fingerprint density at radius 2 is 1.74 bits per heavy atom. The normalized spacial score (nSPS) is 11.3. The molecule has 2 aromatic rings. The molecule has 0 heterocycles. The molecular formula is C15H12BrNO2. The summed E-state index contributed by atoms with van der Waals surface area (Å²) >= 11 is 3.36. The molecule has 3 N–H and O–H groups in total. The van der Waals surface area contributed by atoms with Gasteiger partial charge in [0.25, 0.3) is 0 Å². The molecule has 0 radical (unpaired) electrons. The summed E-state index contributed by atoms with van der Waals surface area (Å²) in [6, 6.07) is 14.7. The topological polar surface area (TPSA) is 63.3 Å². The van der Waals surface area contributed by atoms with Gasteiger partial charge in [-0.15, -0.1) is 0 Å². The number of nitrogen functional groups attached to an aromatic ring is 1. The Morgan fingerprint density at radius 1 is 1.11 bits per heavy atom. The third-order valence-corrected chi connectivity index (χ3v) is 3.20. The van der Waals surface area contributed by atoms with Crippen molar-refractivity contribution < 1.29 is 9.90 Å². The first-order valence-corrected chi connectivity index (χ1v) is 6.42. The van der Waals surface area contributed by atoms with Crippen LogP contribution in [0.5, 0.6) is 0 Å². The zero-order chi connectivity index (χ0) is 13.8. The van der Waals surface area contributed by atoms with E-state index in [1.54, 1.807) is 6.07 Å². The molecule has 0 aliphatic carbocycles. The second-order valence-corrected chi connectivity index (χ2v) is 4.91. The molecule has 0 bridgehead atoms. The van der Waals surface area contributed by atoms with Crippen LogP contribution in [-0.4, -0.2) is 11.1 Å². The molecule has 2 rings (SSSR count). The zero-order valence-electron chi connectivity index (χ0n) is 10.0. The van der Waals surface area contributed by atoms with Crippen molar-refractivity contribution in [3.8, 4) is 0 Å². The van der Waals surface area contributed by atoms with Crippen LogP contribution in [0.4, 0.5) is 5.69 Å². The minimum absolute atomic E-state index is 0.554. The molecule has 0 atom stereocenters. The standard InChI is InChI=1S/C15H12BrNO2/c16-11-7-5-10(6-8-11)13(9-15(18)19)12-3-1-2-4-14(12)17/h1-9H,17H2,(H,18,19). The highest BCUT2D eigenvalue weighted by Gasteiger charge is 2.09. The fourth-order valence-electron chi connectivity index (χ4n) is 1.81. The summed E-state index contributed by atoms with van der Waals surface area (Å²) in [4.78, 5) is 11.0. The van der Waals surface area contributed by atoms with Gasteiger partial charge in [0.1, 0.15) is 0 Å². The van der Waals surface area contributed by atoms with Crippen LogP contribution in [0.2, 0.25) is 0 Å². The largest absolute Gasteiger partial charge is 0.478 e. The number of hydrogen-bond acceptors (Lipinski definition) is 2. The molecule has 3 nitrogen and oxygen atoms in total. The van der Waals surface area contributed by atoms with E-state index >= 15 is 0 Å². The average molecular weight is 318 g/mol. The van der Waals surface area contributed by atoms with Gasteiger partial charge in [-0.2, -0.15) is 0 Å². The number of carboxylic acids is 1. The summed E-state index contributed by atoms with van der Waals surface area (Å²) in [7, 11) is 0. The number of carboxylic acid groups (broad SMARTS) is 1. The molecule has 0 spiro atoms. The molecule has 4 heteroatoms. The summed E-state index contributed by atoms with van der Waals surface area (Å²) in [6.45, 7) is 0. The van der Waals surface area contributed by atoms with Crippen molar-refractivity contribution in [2.24, 2.45) is 0 Å². The van der Waals surface area contributed by atoms with E-state index in [0.717, 1.165) is 10.0 Å². The lowest BCUT2D eigenvalue weighted by Gasteiger charge is -2.10. The smallest absolute Gasteiger partial charge is 0.328 e. The molecule has 0 amide bonds.